The van der Waals surface area contributed by atoms with Gasteiger partial charge in [-0.1, -0.05) is 30.2 Å². The van der Waals surface area contributed by atoms with Gasteiger partial charge < -0.3 is 10.2 Å². The number of pyridine rings is 1. The highest BCUT2D eigenvalue weighted by Gasteiger charge is 2.49. The number of hydrogen-bond donors (Lipinski definition) is 1. The van der Waals surface area contributed by atoms with E-state index < -0.39 is 0 Å². The number of benzene rings is 1. The zero-order valence-electron chi connectivity index (χ0n) is 15.0. The number of nitrogens with one attached hydrogen (secondary N) is 1. The lowest BCUT2D eigenvalue weighted by atomic mass is 9.71. The van der Waals surface area contributed by atoms with E-state index in [2.05, 4.69) is 10.3 Å². The van der Waals surface area contributed by atoms with E-state index in [-0.39, 0.29) is 23.3 Å². The second kappa shape index (κ2) is 7.31. The summed E-state index contributed by atoms with van der Waals surface area (Å²) in [5.74, 6) is -0.0173. The number of amides is 2. The Morgan fingerprint density at radius 2 is 2.11 bits per heavy atom. The molecular weight excluding hydrogens is 362 g/mol. The Morgan fingerprint density at radius 1 is 1.22 bits per heavy atom. The molecule has 1 spiro atoms. The van der Waals surface area contributed by atoms with Crippen molar-refractivity contribution in [1.82, 2.24) is 10.3 Å². The third kappa shape index (κ3) is 3.56. The molecule has 2 amide bonds. The van der Waals surface area contributed by atoms with Crippen LogP contribution >= 0.6 is 11.6 Å². The summed E-state index contributed by atoms with van der Waals surface area (Å²) < 4.78 is 0. The van der Waals surface area contributed by atoms with Gasteiger partial charge in [0, 0.05) is 29.5 Å². The first-order valence-electron chi connectivity index (χ1n) is 9.37. The third-order valence-electron chi connectivity index (χ3n) is 5.71. The van der Waals surface area contributed by atoms with Gasteiger partial charge in [0.05, 0.1) is 5.41 Å². The van der Waals surface area contributed by atoms with E-state index in [1.165, 1.54) is 0 Å². The molecule has 4 rings (SSSR count). The summed E-state index contributed by atoms with van der Waals surface area (Å²) in [5.41, 5.74) is 0.877. The van der Waals surface area contributed by atoms with Crippen molar-refractivity contribution >= 4 is 29.1 Å². The topological polar surface area (TPSA) is 62.3 Å². The second-order valence-corrected chi connectivity index (χ2v) is 7.89. The molecule has 27 heavy (non-hydrogen) atoms. The Morgan fingerprint density at radius 3 is 2.89 bits per heavy atom. The first-order chi connectivity index (χ1) is 13.1. The lowest BCUT2D eigenvalue weighted by Gasteiger charge is -2.36. The van der Waals surface area contributed by atoms with E-state index >= 15 is 0 Å². The summed E-state index contributed by atoms with van der Waals surface area (Å²) in [4.78, 5) is 31.6. The predicted molar refractivity (Wildman–Crippen MR) is 105 cm³/mol. The number of anilines is 1. The Balaban J connectivity index is 1.47. The minimum atomic E-state index is -0.386. The number of carbonyl (C=O) groups is 2. The van der Waals surface area contributed by atoms with E-state index in [0.29, 0.717) is 23.7 Å². The van der Waals surface area contributed by atoms with Gasteiger partial charge in [-0.25, -0.2) is 0 Å². The van der Waals surface area contributed by atoms with Crippen molar-refractivity contribution in [3.05, 3.63) is 59.4 Å². The normalized spacial score (nSPS) is 25.0. The molecule has 2 heterocycles. The summed E-state index contributed by atoms with van der Waals surface area (Å²) in [6.45, 7) is 0.695. The van der Waals surface area contributed by atoms with Gasteiger partial charge in [-0.3, -0.25) is 14.6 Å². The molecule has 6 heteroatoms. The highest BCUT2D eigenvalue weighted by molar-refractivity contribution is 6.31. The van der Waals surface area contributed by atoms with E-state index in [0.717, 1.165) is 31.4 Å². The van der Waals surface area contributed by atoms with Crippen LogP contribution in [0.2, 0.25) is 5.02 Å². The maximum absolute atomic E-state index is 13.3. The van der Waals surface area contributed by atoms with Crippen molar-refractivity contribution in [3.8, 4) is 0 Å². The second-order valence-electron chi connectivity index (χ2n) is 7.45. The summed E-state index contributed by atoms with van der Waals surface area (Å²) in [7, 11) is 0. The monoisotopic (exact) mass is 383 g/mol. The van der Waals surface area contributed by atoms with Gasteiger partial charge >= 0.3 is 0 Å². The summed E-state index contributed by atoms with van der Waals surface area (Å²) in [6, 6.07) is 12.7. The van der Waals surface area contributed by atoms with Gasteiger partial charge in [0.2, 0.25) is 5.91 Å². The molecule has 1 aliphatic heterocycles. The average molecular weight is 384 g/mol. The third-order valence-corrected chi connectivity index (χ3v) is 5.95. The van der Waals surface area contributed by atoms with Crippen molar-refractivity contribution in [3.63, 3.8) is 0 Å². The molecule has 1 aromatic carbocycles. The Hall–Kier alpha value is -2.40. The molecule has 0 unspecified atom stereocenters. The Kier molecular flexibility index (Phi) is 4.87. The van der Waals surface area contributed by atoms with Crippen molar-refractivity contribution in [1.29, 1.82) is 0 Å². The fraction of sp³-hybridized carbons (Fsp3) is 0.381. The number of aromatic nitrogens is 1. The first kappa shape index (κ1) is 18.0. The van der Waals surface area contributed by atoms with Gasteiger partial charge in [0.1, 0.15) is 5.69 Å². The van der Waals surface area contributed by atoms with Crippen LogP contribution in [-0.4, -0.2) is 29.4 Å². The Bertz CT molecular complexity index is 858. The Labute approximate surface area is 163 Å². The number of carbonyl (C=O) groups excluding carboxylic acids is 2. The molecule has 5 nitrogen and oxygen atoms in total. The van der Waals surface area contributed by atoms with Gasteiger partial charge in [0.15, 0.2) is 0 Å². The van der Waals surface area contributed by atoms with E-state index in [1.807, 2.05) is 29.2 Å². The van der Waals surface area contributed by atoms with E-state index in [9.17, 15) is 9.59 Å². The maximum atomic E-state index is 13.3. The molecule has 2 atom stereocenters. The van der Waals surface area contributed by atoms with Gasteiger partial charge in [-0.05, 0) is 56.0 Å². The lowest BCUT2D eigenvalue weighted by Crippen LogP contribution is -2.46. The van der Waals surface area contributed by atoms with E-state index in [1.54, 1.807) is 24.4 Å². The average Bonchev–Trinajstić information content (AvgIpc) is 2.98. The van der Waals surface area contributed by atoms with Crippen LogP contribution in [0.5, 0.6) is 0 Å². The minimum absolute atomic E-state index is 0.00322. The minimum Gasteiger partial charge on any atom is -0.348 e. The molecule has 2 fully saturated rings. The molecule has 140 valence electrons. The highest BCUT2D eigenvalue weighted by atomic mass is 35.5. The van der Waals surface area contributed by atoms with Gasteiger partial charge in [-0.2, -0.15) is 0 Å². The number of nitrogens with zero attached hydrogens (tertiary/aromatic N) is 2. The van der Waals surface area contributed by atoms with Crippen molar-refractivity contribution in [2.75, 3.05) is 11.4 Å². The molecule has 1 N–H and O–H groups in total. The van der Waals surface area contributed by atoms with Crippen LogP contribution in [0.25, 0.3) is 0 Å². The summed E-state index contributed by atoms with van der Waals surface area (Å²) >= 11 is 6.10. The molecule has 1 saturated heterocycles. The van der Waals surface area contributed by atoms with E-state index in [4.69, 9.17) is 11.6 Å². The molecule has 0 bridgehead atoms. The largest absolute Gasteiger partial charge is 0.348 e. The summed E-state index contributed by atoms with van der Waals surface area (Å²) in [6.07, 6.45) is 5.81. The summed E-state index contributed by atoms with van der Waals surface area (Å²) in [5, 5.41) is 3.71. The van der Waals surface area contributed by atoms with Crippen LogP contribution in [0.15, 0.2) is 48.7 Å². The highest BCUT2D eigenvalue weighted by Crippen LogP contribution is 2.46. The van der Waals surface area contributed by atoms with Crippen LogP contribution in [-0.2, 0) is 4.79 Å². The fourth-order valence-electron chi connectivity index (χ4n) is 4.37. The SMILES string of the molecule is O=C(N[C@@H]1CCC[C@]2(CCN(c3cccc(Cl)c3)C2=O)C1)c1ccccn1. The fourth-order valence-corrected chi connectivity index (χ4v) is 4.56. The van der Waals surface area contributed by atoms with Crippen LogP contribution in [0.4, 0.5) is 5.69 Å². The molecule has 1 aromatic heterocycles. The standard InChI is InChI=1S/C21H22ClN3O2/c22-15-5-3-7-17(13-15)25-12-10-21(20(25)27)9-4-6-16(14-21)24-19(26)18-8-1-2-11-23-18/h1-3,5,7-8,11,13,16H,4,6,9-10,12,14H2,(H,24,26)/t16-,21+/m1/s1. The maximum Gasteiger partial charge on any atom is 0.270 e. The first-order valence-corrected chi connectivity index (χ1v) is 9.75. The van der Waals surface area contributed by atoms with Crippen LogP contribution < -0.4 is 10.2 Å². The molecule has 1 saturated carbocycles. The van der Waals surface area contributed by atoms with Crippen molar-refractivity contribution in [2.24, 2.45) is 5.41 Å². The number of halogens is 1. The van der Waals surface area contributed by atoms with Crippen LogP contribution in [0.1, 0.15) is 42.6 Å². The molecule has 2 aliphatic rings. The van der Waals surface area contributed by atoms with Crippen LogP contribution in [0, 0.1) is 5.41 Å². The molecule has 0 radical (unpaired) electrons. The lowest BCUT2D eigenvalue weighted by molar-refractivity contribution is -0.127. The smallest absolute Gasteiger partial charge is 0.270 e. The van der Waals surface area contributed by atoms with Gasteiger partial charge in [-0.15, -0.1) is 0 Å². The van der Waals surface area contributed by atoms with Crippen molar-refractivity contribution in [2.45, 2.75) is 38.1 Å². The van der Waals surface area contributed by atoms with Gasteiger partial charge in [0.25, 0.3) is 5.91 Å². The zero-order chi connectivity index (χ0) is 18.9. The zero-order valence-corrected chi connectivity index (χ0v) is 15.8. The van der Waals surface area contributed by atoms with Crippen molar-refractivity contribution < 1.29 is 9.59 Å². The molecule has 1 aliphatic carbocycles. The molecular formula is C21H22ClN3O2. The van der Waals surface area contributed by atoms with Crippen LogP contribution in [0.3, 0.4) is 0 Å². The number of rotatable bonds is 3. The number of hydrogen-bond acceptors (Lipinski definition) is 3. The predicted octanol–water partition coefficient (Wildman–Crippen LogP) is 3.83. The quantitative estimate of drug-likeness (QED) is 0.876. The molecule has 2 aromatic rings.